The van der Waals surface area contributed by atoms with Gasteiger partial charge in [0.2, 0.25) is 0 Å². The molecule has 1 N–H and O–H groups in total. The molecule has 0 spiro atoms. The number of benzene rings is 1. The van der Waals surface area contributed by atoms with Crippen LogP contribution in [0.15, 0.2) is 30.3 Å². The highest BCUT2D eigenvalue weighted by Gasteiger charge is 2.18. The van der Waals surface area contributed by atoms with E-state index >= 15 is 0 Å². The van der Waals surface area contributed by atoms with Crippen molar-refractivity contribution in [2.75, 3.05) is 32.7 Å². The molecule has 1 aromatic carbocycles. The van der Waals surface area contributed by atoms with Gasteiger partial charge in [-0.05, 0) is 18.7 Å². The molecule has 0 saturated heterocycles. The number of aliphatic carboxylic acids is 1. The van der Waals surface area contributed by atoms with Gasteiger partial charge in [0.05, 0.1) is 0 Å². The van der Waals surface area contributed by atoms with Crippen LogP contribution in [0.2, 0.25) is 0 Å². The smallest absolute Gasteiger partial charge is 0.410 e. The van der Waals surface area contributed by atoms with Gasteiger partial charge < -0.3 is 14.7 Å². The van der Waals surface area contributed by atoms with Crippen LogP contribution in [0, 0.1) is 0 Å². The van der Waals surface area contributed by atoms with Gasteiger partial charge in [-0.2, -0.15) is 0 Å². The van der Waals surface area contributed by atoms with Crippen molar-refractivity contribution in [3.63, 3.8) is 0 Å². The highest BCUT2D eigenvalue weighted by atomic mass is 35.5. The molecule has 1 amide bonds. The molecule has 1 aromatic rings. The monoisotopic (exact) mass is 344 g/mol. The lowest BCUT2D eigenvalue weighted by molar-refractivity contribution is -0.138. The highest BCUT2D eigenvalue weighted by Crippen LogP contribution is 2.04. The first-order valence-electron chi connectivity index (χ1n) is 7.46. The molecule has 0 fully saturated rings. The number of carboxylic acid groups (broad SMARTS) is 1. The fourth-order valence-corrected chi connectivity index (χ4v) is 2.01. The summed E-state index contributed by atoms with van der Waals surface area (Å²) < 4.78 is 5.20. The van der Waals surface area contributed by atoms with Gasteiger partial charge in [0, 0.05) is 13.1 Å². The van der Waals surface area contributed by atoms with E-state index in [9.17, 15) is 9.59 Å². The first-order chi connectivity index (χ1) is 10.6. The number of ether oxygens (including phenoxy) is 1. The van der Waals surface area contributed by atoms with Gasteiger partial charge in [-0.3, -0.25) is 9.69 Å². The van der Waals surface area contributed by atoms with E-state index in [0.717, 1.165) is 18.7 Å². The zero-order valence-corrected chi connectivity index (χ0v) is 14.4. The van der Waals surface area contributed by atoms with Gasteiger partial charge in [-0.25, -0.2) is 4.79 Å². The zero-order valence-electron chi connectivity index (χ0n) is 13.6. The molecular weight excluding hydrogens is 320 g/mol. The molecule has 0 radical (unpaired) electrons. The number of carboxylic acids is 1. The van der Waals surface area contributed by atoms with Gasteiger partial charge in [0.25, 0.3) is 0 Å². The van der Waals surface area contributed by atoms with Gasteiger partial charge in [-0.15, -0.1) is 12.4 Å². The van der Waals surface area contributed by atoms with E-state index in [1.165, 1.54) is 4.90 Å². The first kappa shape index (κ1) is 21.2. The van der Waals surface area contributed by atoms with Crippen molar-refractivity contribution in [3.05, 3.63) is 35.9 Å². The minimum Gasteiger partial charge on any atom is -0.480 e. The molecule has 1 rings (SSSR count). The second kappa shape index (κ2) is 11.7. The molecule has 0 aromatic heterocycles. The summed E-state index contributed by atoms with van der Waals surface area (Å²) in [6.07, 6.45) is -0.599. The van der Waals surface area contributed by atoms with Gasteiger partial charge in [0.15, 0.2) is 0 Å². The van der Waals surface area contributed by atoms with Crippen LogP contribution in [0.1, 0.15) is 19.4 Å². The van der Waals surface area contributed by atoms with Crippen LogP contribution in [0.5, 0.6) is 0 Å². The maximum atomic E-state index is 12.1. The summed E-state index contributed by atoms with van der Waals surface area (Å²) in [5.41, 5.74) is 0.870. The predicted molar refractivity (Wildman–Crippen MR) is 90.9 cm³/mol. The standard InChI is InChI=1S/C16H24N2O4.ClH/c1-3-17(4-2)10-11-18(12-15(19)20)16(21)22-13-14-8-6-5-7-9-14;/h5-9H,3-4,10-13H2,1-2H3,(H,19,20);1H. The lowest BCUT2D eigenvalue weighted by atomic mass is 10.2. The summed E-state index contributed by atoms with van der Waals surface area (Å²) >= 11 is 0. The number of likely N-dealkylation sites (N-methyl/N-ethyl adjacent to an activating group) is 1. The van der Waals surface area contributed by atoms with Crippen molar-refractivity contribution < 1.29 is 19.4 Å². The van der Waals surface area contributed by atoms with E-state index in [4.69, 9.17) is 9.84 Å². The van der Waals surface area contributed by atoms with Crippen molar-refractivity contribution in [2.45, 2.75) is 20.5 Å². The van der Waals surface area contributed by atoms with E-state index in [1.54, 1.807) is 0 Å². The van der Waals surface area contributed by atoms with Crippen LogP contribution in [-0.2, 0) is 16.1 Å². The second-order valence-corrected chi connectivity index (χ2v) is 4.88. The van der Waals surface area contributed by atoms with Crippen molar-refractivity contribution in [2.24, 2.45) is 0 Å². The quantitative estimate of drug-likeness (QED) is 0.745. The zero-order chi connectivity index (χ0) is 16.4. The van der Waals surface area contributed by atoms with Gasteiger partial charge >= 0.3 is 12.1 Å². The fourth-order valence-electron chi connectivity index (χ4n) is 2.01. The lowest BCUT2D eigenvalue weighted by Crippen LogP contribution is -2.41. The molecule has 7 heteroatoms. The number of halogens is 1. The molecule has 0 unspecified atom stereocenters. The van der Waals surface area contributed by atoms with E-state index in [2.05, 4.69) is 4.90 Å². The molecule has 0 atom stereocenters. The van der Waals surface area contributed by atoms with E-state index in [0.29, 0.717) is 13.1 Å². The largest absolute Gasteiger partial charge is 0.480 e. The minimum atomic E-state index is -1.05. The topological polar surface area (TPSA) is 70.1 Å². The molecule has 0 saturated carbocycles. The summed E-state index contributed by atoms with van der Waals surface area (Å²) in [6, 6.07) is 9.30. The summed E-state index contributed by atoms with van der Waals surface area (Å²) in [6.45, 7) is 6.52. The van der Waals surface area contributed by atoms with Crippen LogP contribution in [-0.4, -0.2) is 59.7 Å². The third-order valence-electron chi connectivity index (χ3n) is 3.37. The number of hydrogen-bond donors (Lipinski definition) is 1. The predicted octanol–water partition coefficient (Wildman–Crippen LogP) is 2.47. The van der Waals surface area contributed by atoms with Crippen LogP contribution in [0.3, 0.4) is 0 Å². The maximum absolute atomic E-state index is 12.1. The van der Waals surface area contributed by atoms with Crippen molar-refractivity contribution in [1.82, 2.24) is 9.80 Å². The Hall–Kier alpha value is -1.79. The Morgan fingerprint density at radius 2 is 1.70 bits per heavy atom. The summed E-state index contributed by atoms with van der Waals surface area (Å²) in [4.78, 5) is 26.3. The van der Waals surface area contributed by atoms with Crippen LogP contribution in [0.25, 0.3) is 0 Å². The van der Waals surface area contributed by atoms with Crippen molar-refractivity contribution >= 4 is 24.5 Å². The van der Waals surface area contributed by atoms with Crippen LogP contribution in [0.4, 0.5) is 4.79 Å². The van der Waals surface area contributed by atoms with E-state index in [-0.39, 0.29) is 25.6 Å². The number of amides is 1. The van der Waals surface area contributed by atoms with Crippen LogP contribution < -0.4 is 0 Å². The molecule has 6 nitrogen and oxygen atoms in total. The summed E-state index contributed by atoms with van der Waals surface area (Å²) in [5, 5.41) is 8.93. The Kier molecular flexibility index (Phi) is 10.8. The van der Waals surface area contributed by atoms with Gasteiger partial charge in [-0.1, -0.05) is 44.2 Å². The Bertz CT molecular complexity index is 466. The van der Waals surface area contributed by atoms with E-state index in [1.807, 2.05) is 44.2 Å². The molecule has 0 aliphatic rings. The minimum absolute atomic E-state index is 0. The first-order valence-corrected chi connectivity index (χ1v) is 7.46. The van der Waals surface area contributed by atoms with Crippen molar-refractivity contribution in [3.8, 4) is 0 Å². The number of rotatable bonds is 9. The molecule has 0 heterocycles. The average molecular weight is 345 g/mol. The third-order valence-corrected chi connectivity index (χ3v) is 3.37. The van der Waals surface area contributed by atoms with Crippen molar-refractivity contribution in [1.29, 1.82) is 0 Å². The number of nitrogens with zero attached hydrogens (tertiary/aromatic N) is 2. The molecule has 0 aliphatic heterocycles. The lowest BCUT2D eigenvalue weighted by Gasteiger charge is -2.24. The van der Waals surface area contributed by atoms with Crippen LogP contribution >= 0.6 is 12.4 Å². The van der Waals surface area contributed by atoms with Gasteiger partial charge in [0.1, 0.15) is 13.2 Å². The third kappa shape index (κ3) is 8.42. The highest BCUT2D eigenvalue weighted by molar-refractivity contribution is 5.85. The fraction of sp³-hybridized carbons (Fsp3) is 0.500. The normalized spacial score (nSPS) is 10.0. The molecule has 23 heavy (non-hydrogen) atoms. The molecule has 130 valence electrons. The Labute approximate surface area is 143 Å². The average Bonchev–Trinajstić information content (AvgIpc) is 2.53. The number of carbonyl (C=O) groups excluding carboxylic acids is 1. The summed E-state index contributed by atoms with van der Waals surface area (Å²) in [7, 11) is 0. The Morgan fingerprint density at radius 3 is 2.22 bits per heavy atom. The Morgan fingerprint density at radius 1 is 1.09 bits per heavy atom. The molecule has 0 aliphatic carbocycles. The number of hydrogen-bond acceptors (Lipinski definition) is 4. The SMILES string of the molecule is CCN(CC)CCN(CC(=O)O)C(=O)OCc1ccccc1.Cl. The number of carbonyl (C=O) groups is 2. The second-order valence-electron chi connectivity index (χ2n) is 4.88. The molecule has 0 bridgehead atoms. The summed E-state index contributed by atoms with van der Waals surface area (Å²) in [5.74, 6) is -1.05. The maximum Gasteiger partial charge on any atom is 0.410 e. The Balaban J connectivity index is 0.00000484. The molecular formula is C16H25ClN2O4. The van der Waals surface area contributed by atoms with E-state index < -0.39 is 12.1 Å².